The van der Waals surface area contributed by atoms with Crippen LogP contribution in [0.25, 0.3) is 0 Å². The van der Waals surface area contributed by atoms with Gasteiger partial charge in [0.15, 0.2) is 0 Å². The van der Waals surface area contributed by atoms with Crippen molar-refractivity contribution in [3.05, 3.63) is 87.9 Å². The fraction of sp³-hybridized carbons (Fsp3) is 0.231. The number of nitrogens with one attached hydrogen (secondary N) is 1. The fourth-order valence-electron chi connectivity index (χ4n) is 4.11. The Labute approximate surface area is 198 Å². The molecule has 1 heterocycles. The molecule has 0 radical (unpaired) electrons. The molecule has 170 valence electrons. The quantitative estimate of drug-likeness (QED) is 0.541. The minimum atomic E-state index is -1.02. The molecule has 6 nitrogen and oxygen atoms in total. The SMILES string of the molecule is Cc1ccc(C)c(N2CCN(c3ccc(NC(=O)c4ccc(Cl)cc4)cc3C(=O)O)CC2)c1. The van der Waals surface area contributed by atoms with Crippen molar-refractivity contribution in [2.24, 2.45) is 0 Å². The van der Waals surface area contributed by atoms with Crippen LogP contribution in [0.4, 0.5) is 17.1 Å². The molecule has 1 amide bonds. The monoisotopic (exact) mass is 463 g/mol. The van der Waals surface area contributed by atoms with Gasteiger partial charge in [-0.1, -0.05) is 23.7 Å². The Morgan fingerprint density at radius 1 is 0.848 bits per heavy atom. The average Bonchev–Trinajstić information content (AvgIpc) is 2.81. The van der Waals surface area contributed by atoms with Crippen molar-refractivity contribution in [1.82, 2.24) is 0 Å². The van der Waals surface area contributed by atoms with Gasteiger partial charge in [-0.15, -0.1) is 0 Å². The highest BCUT2D eigenvalue weighted by molar-refractivity contribution is 6.30. The van der Waals surface area contributed by atoms with Gasteiger partial charge in [0.1, 0.15) is 0 Å². The van der Waals surface area contributed by atoms with Crippen LogP contribution in [0.15, 0.2) is 60.7 Å². The Morgan fingerprint density at radius 2 is 1.48 bits per heavy atom. The standard InChI is InChI=1S/C26H26ClN3O3/c1-17-3-4-18(2)24(15-17)30-13-11-29(12-14-30)23-10-9-21(16-22(23)26(32)33)28-25(31)19-5-7-20(27)8-6-19/h3-10,15-16H,11-14H2,1-2H3,(H,28,31)(H,32,33). The van der Waals surface area contributed by atoms with Crippen LogP contribution in [0.3, 0.4) is 0 Å². The molecule has 0 saturated carbocycles. The van der Waals surface area contributed by atoms with E-state index in [2.05, 4.69) is 47.2 Å². The number of aryl methyl sites for hydroxylation is 2. The number of halogens is 1. The molecular formula is C26H26ClN3O3. The molecule has 3 aromatic rings. The van der Waals surface area contributed by atoms with E-state index in [1.807, 2.05) is 0 Å². The van der Waals surface area contributed by atoms with E-state index < -0.39 is 5.97 Å². The molecule has 0 aliphatic carbocycles. The lowest BCUT2D eigenvalue weighted by atomic mass is 10.1. The van der Waals surface area contributed by atoms with Gasteiger partial charge in [0, 0.05) is 48.1 Å². The molecule has 0 bridgehead atoms. The lowest BCUT2D eigenvalue weighted by molar-refractivity contribution is 0.0697. The minimum Gasteiger partial charge on any atom is -0.478 e. The molecule has 7 heteroatoms. The second-order valence-corrected chi connectivity index (χ2v) is 8.70. The van der Waals surface area contributed by atoms with Crippen LogP contribution in [0, 0.1) is 13.8 Å². The topological polar surface area (TPSA) is 72.9 Å². The number of carbonyl (C=O) groups excluding carboxylic acids is 1. The number of carbonyl (C=O) groups is 2. The number of amides is 1. The summed E-state index contributed by atoms with van der Waals surface area (Å²) in [5.74, 6) is -1.34. The number of rotatable bonds is 5. The van der Waals surface area contributed by atoms with Crippen molar-refractivity contribution >= 4 is 40.5 Å². The summed E-state index contributed by atoms with van der Waals surface area (Å²) in [7, 11) is 0. The zero-order valence-corrected chi connectivity index (χ0v) is 19.4. The third kappa shape index (κ3) is 5.12. The minimum absolute atomic E-state index is 0.170. The van der Waals surface area contributed by atoms with Gasteiger partial charge in [-0.25, -0.2) is 4.79 Å². The maximum atomic E-state index is 12.5. The van der Waals surface area contributed by atoms with Crippen molar-refractivity contribution in [3.63, 3.8) is 0 Å². The smallest absolute Gasteiger partial charge is 0.337 e. The van der Waals surface area contributed by atoms with Gasteiger partial charge >= 0.3 is 5.97 Å². The fourth-order valence-corrected chi connectivity index (χ4v) is 4.24. The first kappa shape index (κ1) is 22.7. The van der Waals surface area contributed by atoms with E-state index in [1.54, 1.807) is 36.4 Å². The number of carboxylic acids is 1. The predicted molar refractivity (Wildman–Crippen MR) is 133 cm³/mol. The van der Waals surface area contributed by atoms with Gasteiger partial charge in [-0.2, -0.15) is 0 Å². The Bertz CT molecular complexity index is 1190. The largest absolute Gasteiger partial charge is 0.478 e. The van der Waals surface area contributed by atoms with Gasteiger partial charge in [-0.05, 0) is 73.5 Å². The number of nitrogens with zero attached hydrogens (tertiary/aromatic N) is 2. The van der Waals surface area contributed by atoms with Crippen molar-refractivity contribution in [3.8, 4) is 0 Å². The zero-order valence-electron chi connectivity index (χ0n) is 18.6. The van der Waals surface area contributed by atoms with Crippen LogP contribution in [-0.4, -0.2) is 43.2 Å². The number of aromatic carboxylic acids is 1. The Morgan fingerprint density at radius 3 is 2.12 bits per heavy atom. The van der Waals surface area contributed by atoms with Crippen molar-refractivity contribution < 1.29 is 14.7 Å². The van der Waals surface area contributed by atoms with Gasteiger partial charge < -0.3 is 20.2 Å². The second kappa shape index (κ2) is 9.55. The van der Waals surface area contributed by atoms with Crippen LogP contribution < -0.4 is 15.1 Å². The summed E-state index contributed by atoms with van der Waals surface area (Å²) in [5, 5.41) is 13.1. The van der Waals surface area contributed by atoms with Crippen molar-refractivity contribution in [2.75, 3.05) is 41.3 Å². The molecule has 33 heavy (non-hydrogen) atoms. The Hall–Kier alpha value is -3.51. The van der Waals surface area contributed by atoms with Gasteiger partial charge in [-0.3, -0.25) is 4.79 Å². The number of hydrogen-bond acceptors (Lipinski definition) is 4. The van der Waals surface area contributed by atoms with Gasteiger partial charge in [0.25, 0.3) is 5.91 Å². The predicted octanol–water partition coefficient (Wildman–Crippen LogP) is 5.23. The van der Waals surface area contributed by atoms with E-state index in [4.69, 9.17) is 11.6 Å². The highest BCUT2D eigenvalue weighted by Gasteiger charge is 2.23. The van der Waals surface area contributed by atoms with Crippen molar-refractivity contribution in [1.29, 1.82) is 0 Å². The summed E-state index contributed by atoms with van der Waals surface area (Å²) in [6.45, 7) is 7.23. The molecular weight excluding hydrogens is 438 g/mol. The Balaban J connectivity index is 1.49. The number of anilines is 3. The average molecular weight is 464 g/mol. The van der Waals surface area contributed by atoms with Crippen LogP contribution >= 0.6 is 11.6 Å². The summed E-state index contributed by atoms with van der Waals surface area (Å²) >= 11 is 5.88. The van der Waals surface area contributed by atoms with E-state index in [-0.39, 0.29) is 11.5 Å². The molecule has 1 saturated heterocycles. The molecule has 4 rings (SSSR count). The van der Waals surface area contributed by atoms with Crippen LogP contribution in [0.1, 0.15) is 31.8 Å². The van der Waals surface area contributed by atoms with Crippen LogP contribution in [0.2, 0.25) is 5.02 Å². The highest BCUT2D eigenvalue weighted by Crippen LogP contribution is 2.28. The van der Waals surface area contributed by atoms with E-state index in [1.165, 1.54) is 22.9 Å². The molecule has 0 spiro atoms. The molecule has 2 N–H and O–H groups in total. The lowest BCUT2D eigenvalue weighted by Crippen LogP contribution is -2.47. The summed E-state index contributed by atoms with van der Waals surface area (Å²) in [6.07, 6.45) is 0. The number of hydrogen-bond donors (Lipinski definition) is 2. The maximum Gasteiger partial charge on any atom is 0.337 e. The maximum absolute atomic E-state index is 12.5. The third-order valence-corrected chi connectivity index (χ3v) is 6.17. The van der Waals surface area contributed by atoms with E-state index in [0.717, 1.165) is 13.1 Å². The zero-order chi connectivity index (χ0) is 23.5. The van der Waals surface area contributed by atoms with E-state index in [9.17, 15) is 14.7 Å². The summed E-state index contributed by atoms with van der Waals surface area (Å²) < 4.78 is 0. The second-order valence-electron chi connectivity index (χ2n) is 8.26. The first-order valence-electron chi connectivity index (χ1n) is 10.8. The molecule has 1 fully saturated rings. The van der Waals surface area contributed by atoms with E-state index >= 15 is 0 Å². The Kier molecular flexibility index (Phi) is 6.56. The summed E-state index contributed by atoms with van der Waals surface area (Å²) in [6, 6.07) is 18.0. The molecule has 1 aliphatic heterocycles. The van der Waals surface area contributed by atoms with Crippen LogP contribution in [-0.2, 0) is 0 Å². The molecule has 0 aromatic heterocycles. The third-order valence-electron chi connectivity index (χ3n) is 5.92. The molecule has 3 aromatic carbocycles. The number of piperazine rings is 1. The first-order valence-corrected chi connectivity index (χ1v) is 11.2. The highest BCUT2D eigenvalue weighted by atomic mass is 35.5. The number of carboxylic acid groups (broad SMARTS) is 1. The lowest BCUT2D eigenvalue weighted by Gasteiger charge is -2.38. The molecule has 0 unspecified atom stereocenters. The van der Waals surface area contributed by atoms with E-state index in [0.29, 0.717) is 35.1 Å². The number of benzene rings is 3. The summed E-state index contributed by atoms with van der Waals surface area (Å²) in [4.78, 5) is 29.0. The summed E-state index contributed by atoms with van der Waals surface area (Å²) in [5.41, 5.74) is 5.40. The molecule has 1 aliphatic rings. The van der Waals surface area contributed by atoms with Gasteiger partial charge in [0.05, 0.1) is 11.3 Å². The normalized spacial score (nSPS) is 13.7. The van der Waals surface area contributed by atoms with Crippen LogP contribution in [0.5, 0.6) is 0 Å². The van der Waals surface area contributed by atoms with Gasteiger partial charge in [0.2, 0.25) is 0 Å². The molecule has 0 atom stereocenters. The van der Waals surface area contributed by atoms with Crippen molar-refractivity contribution in [2.45, 2.75) is 13.8 Å². The first-order chi connectivity index (χ1) is 15.8.